The molecule has 0 aliphatic rings. The average Bonchev–Trinajstić information content (AvgIpc) is 3.25. The fourth-order valence-corrected chi connectivity index (χ4v) is 4.30. The van der Waals surface area contributed by atoms with Crippen molar-refractivity contribution in [3.05, 3.63) is 106 Å². The van der Waals surface area contributed by atoms with Crippen molar-refractivity contribution < 1.29 is 18.8 Å². The Balaban J connectivity index is 1.66. The molecular formula is C26H20Cl2N2O4. The Morgan fingerprint density at radius 2 is 1.47 bits per heavy atom. The van der Waals surface area contributed by atoms with Crippen molar-refractivity contribution in [3.63, 3.8) is 0 Å². The van der Waals surface area contributed by atoms with Gasteiger partial charge in [0.15, 0.2) is 5.56 Å². The number of nitrogens with zero attached hydrogens (tertiary/aromatic N) is 1. The number of ether oxygens (including phenoxy) is 1. The molecule has 1 aromatic heterocycles. The molecule has 0 atom stereocenters. The largest absolute Gasteiger partial charge is 0.465 e. The Labute approximate surface area is 206 Å². The second kappa shape index (κ2) is 10.5. The molecule has 6 nitrogen and oxygen atoms in total. The van der Waals surface area contributed by atoms with Gasteiger partial charge in [0.25, 0.3) is 0 Å². The van der Waals surface area contributed by atoms with Gasteiger partial charge in [-0.15, -0.1) is 0 Å². The number of carbonyl (C=O) groups excluding carboxylic acids is 2. The first-order valence-corrected chi connectivity index (χ1v) is 11.2. The molecule has 172 valence electrons. The lowest BCUT2D eigenvalue weighted by molar-refractivity contribution is -0.116. The lowest BCUT2D eigenvalue weighted by Gasteiger charge is -2.17. The van der Waals surface area contributed by atoms with Crippen LogP contribution in [0.2, 0.25) is 10.0 Å². The van der Waals surface area contributed by atoms with E-state index in [-0.39, 0.29) is 45.4 Å². The van der Waals surface area contributed by atoms with Crippen LogP contribution in [0, 0.1) is 0 Å². The van der Waals surface area contributed by atoms with Crippen LogP contribution < -0.4 is 5.32 Å². The fraction of sp³-hybridized carbons (Fsp3) is 0.115. The number of carbonyl (C=O) groups is 2. The second-order valence-electron chi connectivity index (χ2n) is 7.45. The Morgan fingerprint density at radius 3 is 2.00 bits per heavy atom. The number of rotatable bonds is 7. The van der Waals surface area contributed by atoms with Crippen molar-refractivity contribution in [2.75, 3.05) is 12.4 Å². The highest BCUT2D eigenvalue weighted by Gasteiger charge is 2.29. The number of esters is 1. The SMILES string of the molecule is COC(=O)c1c(-c2c(Cl)cccc2Cl)noc1NC(=O)CC(c1ccccc1)c1ccccc1. The highest BCUT2D eigenvalue weighted by Crippen LogP contribution is 2.39. The van der Waals surface area contributed by atoms with E-state index in [2.05, 4.69) is 10.5 Å². The molecule has 1 amide bonds. The molecule has 0 saturated heterocycles. The average molecular weight is 495 g/mol. The summed E-state index contributed by atoms with van der Waals surface area (Å²) in [5, 5.41) is 7.19. The van der Waals surface area contributed by atoms with E-state index in [0.29, 0.717) is 5.56 Å². The summed E-state index contributed by atoms with van der Waals surface area (Å²) in [7, 11) is 1.22. The second-order valence-corrected chi connectivity index (χ2v) is 8.26. The summed E-state index contributed by atoms with van der Waals surface area (Å²) in [5.41, 5.74) is 2.29. The number of aromatic nitrogens is 1. The van der Waals surface area contributed by atoms with Gasteiger partial charge in [-0.1, -0.05) is 95.1 Å². The highest BCUT2D eigenvalue weighted by molar-refractivity contribution is 6.39. The van der Waals surface area contributed by atoms with Crippen molar-refractivity contribution >= 4 is 41.0 Å². The number of methoxy groups -OCH3 is 1. The minimum atomic E-state index is -0.745. The van der Waals surface area contributed by atoms with Crippen LogP contribution in [0.15, 0.2) is 83.4 Å². The number of anilines is 1. The predicted octanol–water partition coefficient (Wildman–Crippen LogP) is 6.60. The van der Waals surface area contributed by atoms with E-state index in [1.54, 1.807) is 18.2 Å². The first-order valence-electron chi connectivity index (χ1n) is 10.4. The van der Waals surface area contributed by atoms with Crippen LogP contribution in [-0.2, 0) is 9.53 Å². The third-order valence-electron chi connectivity index (χ3n) is 5.33. The van der Waals surface area contributed by atoms with E-state index in [9.17, 15) is 9.59 Å². The monoisotopic (exact) mass is 494 g/mol. The van der Waals surface area contributed by atoms with Crippen molar-refractivity contribution in [3.8, 4) is 11.3 Å². The number of hydrogen-bond acceptors (Lipinski definition) is 5. The van der Waals surface area contributed by atoms with Crippen LogP contribution in [0.1, 0.15) is 33.8 Å². The Morgan fingerprint density at radius 1 is 0.912 bits per heavy atom. The smallest absolute Gasteiger partial charge is 0.345 e. The molecule has 8 heteroatoms. The van der Waals surface area contributed by atoms with E-state index in [1.807, 2.05) is 60.7 Å². The third kappa shape index (κ3) is 4.98. The van der Waals surface area contributed by atoms with Gasteiger partial charge in [-0.25, -0.2) is 4.79 Å². The number of amides is 1. The van der Waals surface area contributed by atoms with Crippen LogP contribution in [-0.4, -0.2) is 24.1 Å². The standard InChI is InChI=1S/C26H20Cl2N2O4/c1-33-26(32)23-24(22-19(27)13-8-14-20(22)28)30-34-25(23)29-21(31)15-18(16-9-4-2-5-10-16)17-11-6-3-7-12-17/h2-14,18H,15H2,1H3,(H,29,31). The summed E-state index contributed by atoms with van der Waals surface area (Å²) in [6.45, 7) is 0. The van der Waals surface area contributed by atoms with Gasteiger partial charge in [-0.05, 0) is 23.3 Å². The maximum atomic E-state index is 13.1. The van der Waals surface area contributed by atoms with Gasteiger partial charge in [0.2, 0.25) is 11.8 Å². The molecule has 0 aliphatic carbocycles. The molecule has 0 unspecified atom stereocenters. The predicted molar refractivity (Wildman–Crippen MR) is 131 cm³/mol. The molecule has 0 fully saturated rings. The quantitative estimate of drug-likeness (QED) is 0.293. The van der Waals surface area contributed by atoms with E-state index in [0.717, 1.165) is 11.1 Å². The summed E-state index contributed by atoms with van der Waals surface area (Å²) in [6.07, 6.45) is 0.109. The van der Waals surface area contributed by atoms with Crippen LogP contribution in [0.25, 0.3) is 11.3 Å². The molecule has 1 heterocycles. The molecule has 0 saturated carbocycles. The van der Waals surface area contributed by atoms with Gasteiger partial charge >= 0.3 is 5.97 Å². The lowest BCUT2D eigenvalue weighted by Crippen LogP contribution is -2.18. The minimum absolute atomic E-state index is 0.0678. The van der Waals surface area contributed by atoms with Gasteiger partial charge in [-0.3, -0.25) is 10.1 Å². The molecule has 0 aliphatic heterocycles. The molecule has 0 bridgehead atoms. The van der Waals surface area contributed by atoms with Crippen LogP contribution in [0.4, 0.5) is 5.88 Å². The molecule has 4 rings (SSSR count). The zero-order valence-electron chi connectivity index (χ0n) is 18.1. The van der Waals surface area contributed by atoms with Crippen molar-refractivity contribution in [2.45, 2.75) is 12.3 Å². The van der Waals surface area contributed by atoms with E-state index < -0.39 is 5.97 Å². The minimum Gasteiger partial charge on any atom is -0.465 e. The normalized spacial score (nSPS) is 10.8. The maximum absolute atomic E-state index is 13.1. The van der Waals surface area contributed by atoms with Gasteiger partial charge in [0.05, 0.1) is 17.2 Å². The Bertz CT molecular complexity index is 1250. The van der Waals surface area contributed by atoms with Crippen LogP contribution in [0.5, 0.6) is 0 Å². The number of hydrogen-bond donors (Lipinski definition) is 1. The number of benzene rings is 3. The molecule has 1 N–H and O–H groups in total. The van der Waals surface area contributed by atoms with Crippen molar-refractivity contribution in [1.82, 2.24) is 5.16 Å². The van der Waals surface area contributed by atoms with Gasteiger partial charge in [0, 0.05) is 17.9 Å². The van der Waals surface area contributed by atoms with Crippen LogP contribution >= 0.6 is 23.2 Å². The van der Waals surface area contributed by atoms with Crippen LogP contribution in [0.3, 0.4) is 0 Å². The highest BCUT2D eigenvalue weighted by atomic mass is 35.5. The third-order valence-corrected chi connectivity index (χ3v) is 5.96. The zero-order valence-corrected chi connectivity index (χ0v) is 19.6. The first kappa shape index (κ1) is 23.5. The van der Waals surface area contributed by atoms with Crippen molar-refractivity contribution in [1.29, 1.82) is 0 Å². The zero-order chi connectivity index (χ0) is 24.1. The van der Waals surface area contributed by atoms with Gasteiger partial charge < -0.3 is 9.26 Å². The summed E-state index contributed by atoms with van der Waals surface area (Å²) in [6, 6.07) is 24.3. The fourth-order valence-electron chi connectivity index (χ4n) is 3.72. The maximum Gasteiger partial charge on any atom is 0.345 e. The van der Waals surface area contributed by atoms with E-state index >= 15 is 0 Å². The van der Waals surface area contributed by atoms with E-state index in [4.69, 9.17) is 32.5 Å². The number of halogens is 2. The molecular weight excluding hydrogens is 475 g/mol. The lowest BCUT2D eigenvalue weighted by atomic mass is 9.88. The summed E-state index contributed by atoms with van der Waals surface area (Å²) < 4.78 is 10.2. The molecule has 0 spiro atoms. The van der Waals surface area contributed by atoms with Crippen molar-refractivity contribution in [2.24, 2.45) is 0 Å². The van der Waals surface area contributed by atoms with Gasteiger partial charge in [0.1, 0.15) is 5.69 Å². The van der Waals surface area contributed by atoms with Gasteiger partial charge in [-0.2, -0.15) is 0 Å². The molecule has 3 aromatic carbocycles. The first-order chi connectivity index (χ1) is 16.5. The number of nitrogens with one attached hydrogen (secondary N) is 1. The summed E-state index contributed by atoms with van der Waals surface area (Å²) in [4.78, 5) is 25.7. The molecule has 4 aromatic rings. The Kier molecular flexibility index (Phi) is 7.30. The Hall–Kier alpha value is -3.61. The molecule has 34 heavy (non-hydrogen) atoms. The topological polar surface area (TPSA) is 81.4 Å². The summed E-state index contributed by atoms with van der Waals surface area (Å²) >= 11 is 12.6. The molecule has 0 radical (unpaired) electrons. The summed E-state index contributed by atoms with van der Waals surface area (Å²) in [5.74, 6) is -1.45. The van der Waals surface area contributed by atoms with E-state index in [1.165, 1.54) is 7.11 Å².